The molecule has 0 saturated carbocycles. The van der Waals surface area contributed by atoms with E-state index in [4.69, 9.17) is 4.74 Å². The van der Waals surface area contributed by atoms with Crippen LogP contribution in [0.3, 0.4) is 0 Å². The Hall–Kier alpha value is -2.38. The second-order valence-corrected chi connectivity index (χ2v) is 7.73. The Labute approximate surface area is 154 Å². The molecule has 2 rings (SSSR count). The average molecular weight is 376 g/mol. The van der Waals surface area contributed by atoms with Crippen LogP contribution in [0.4, 0.5) is 0 Å². The van der Waals surface area contributed by atoms with E-state index in [1.165, 1.54) is 7.05 Å². The van der Waals surface area contributed by atoms with Gasteiger partial charge in [-0.15, -0.1) is 0 Å². The first kappa shape index (κ1) is 19.9. The molecule has 26 heavy (non-hydrogen) atoms. The number of sulfonamides is 1. The molecule has 2 aromatic rings. The number of aryl methyl sites for hydroxylation is 1. The van der Waals surface area contributed by atoms with Gasteiger partial charge in [0.05, 0.1) is 5.75 Å². The summed E-state index contributed by atoms with van der Waals surface area (Å²) in [5.41, 5.74) is 2.64. The summed E-state index contributed by atoms with van der Waals surface area (Å²) in [6.07, 6.45) is 0.841. The fourth-order valence-corrected chi connectivity index (χ4v) is 3.15. The van der Waals surface area contributed by atoms with Crippen molar-refractivity contribution in [3.8, 4) is 5.75 Å². The van der Waals surface area contributed by atoms with E-state index in [9.17, 15) is 13.2 Å². The minimum absolute atomic E-state index is 0.0461. The van der Waals surface area contributed by atoms with Crippen molar-refractivity contribution in [3.05, 3.63) is 65.2 Å². The molecule has 0 saturated heterocycles. The molecule has 0 fully saturated rings. The van der Waals surface area contributed by atoms with Gasteiger partial charge < -0.3 is 10.1 Å². The van der Waals surface area contributed by atoms with E-state index in [0.29, 0.717) is 12.1 Å². The summed E-state index contributed by atoms with van der Waals surface area (Å²) < 4.78 is 30.9. The summed E-state index contributed by atoms with van der Waals surface area (Å²) in [7, 11) is -1.90. The van der Waals surface area contributed by atoms with Crippen molar-refractivity contribution in [2.24, 2.45) is 0 Å². The molecular formula is C19H24N2O4S. The summed E-state index contributed by atoms with van der Waals surface area (Å²) in [5.74, 6) is 0.443. The Balaban J connectivity index is 1.82. The maximum absolute atomic E-state index is 12.0. The summed E-state index contributed by atoms with van der Waals surface area (Å²) in [6.45, 7) is 2.35. The second-order valence-electron chi connectivity index (χ2n) is 5.81. The van der Waals surface area contributed by atoms with Crippen LogP contribution in [0.25, 0.3) is 0 Å². The lowest BCUT2D eigenvalue weighted by molar-refractivity contribution is -0.123. The maximum Gasteiger partial charge on any atom is 0.258 e. The van der Waals surface area contributed by atoms with Crippen molar-refractivity contribution in [2.75, 3.05) is 13.7 Å². The molecule has 0 heterocycles. The number of carbonyl (C=O) groups is 1. The predicted octanol–water partition coefficient (Wildman–Crippen LogP) is 1.99. The molecule has 0 aliphatic carbocycles. The van der Waals surface area contributed by atoms with Gasteiger partial charge in [-0.2, -0.15) is 0 Å². The molecule has 0 radical (unpaired) electrons. The minimum Gasteiger partial charge on any atom is -0.483 e. The van der Waals surface area contributed by atoms with E-state index < -0.39 is 10.0 Å². The first-order valence-electron chi connectivity index (χ1n) is 8.40. The van der Waals surface area contributed by atoms with Crippen LogP contribution in [0, 0.1) is 0 Å². The number of benzene rings is 2. The normalized spacial score (nSPS) is 11.2. The molecular weight excluding hydrogens is 352 g/mol. The van der Waals surface area contributed by atoms with Gasteiger partial charge in [-0.1, -0.05) is 49.4 Å². The van der Waals surface area contributed by atoms with Crippen LogP contribution in [-0.2, 0) is 33.5 Å². The van der Waals surface area contributed by atoms with Crippen molar-refractivity contribution in [1.82, 2.24) is 10.0 Å². The summed E-state index contributed by atoms with van der Waals surface area (Å²) in [5, 5.41) is 2.79. The van der Waals surface area contributed by atoms with Gasteiger partial charge in [0.2, 0.25) is 10.0 Å². The van der Waals surface area contributed by atoms with Crippen molar-refractivity contribution < 1.29 is 17.9 Å². The third-order valence-corrected chi connectivity index (χ3v) is 5.23. The number of amides is 1. The molecule has 7 heteroatoms. The third-order valence-electron chi connectivity index (χ3n) is 3.89. The van der Waals surface area contributed by atoms with Crippen LogP contribution in [0.15, 0.2) is 48.5 Å². The van der Waals surface area contributed by atoms with Gasteiger partial charge in [0.25, 0.3) is 5.91 Å². The minimum atomic E-state index is -3.29. The van der Waals surface area contributed by atoms with Crippen LogP contribution >= 0.6 is 0 Å². The zero-order valence-corrected chi connectivity index (χ0v) is 15.8. The number of hydrogen-bond acceptors (Lipinski definition) is 4. The van der Waals surface area contributed by atoms with Gasteiger partial charge in [0.15, 0.2) is 6.61 Å². The lowest BCUT2D eigenvalue weighted by Crippen LogP contribution is -2.28. The molecule has 1 amide bonds. The first-order chi connectivity index (χ1) is 12.4. The maximum atomic E-state index is 12.0. The molecule has 0 aliphatic rings. The number of carbonyl (C=O) groups excluding carboxylic acids is 1. The largest absolute Gasteiger partial charge is 0.483 e. The molecule has 0 aromatic heterocycles. The van der Waals surface area contributed by atoms with Crippen LogP contribution in [-0.4, -0.2) is 28.0 Å². The zero-order chi connectivity index (χ0) is 19.0. The van der Waals surface area contributed by atoms with Crippen molar-refractivity contribution in [1.29, 1.82) is 0 Å². The summed E-state index contributed by atoms with van der Waals surface area (Å²) in [6, 6.07) is 14.7. The highest BCUT2D eigenvalue weighted by molar-refractivity contribution is 7.88. The topological polar surface area (TPSA) is 84.5 Å². The first-order valence-corrected chi connectivity index (χ1v) is 10.0. The van der Waals surface area contributed by atoms with Gasteiger partial charge in [0.1, 0.15) is 5.75 Å². The van der Waals surface area contributed by atoms with E-state index in [-0.39, 0.29) is 18.3 Å². The second kappa shape index (κ2) is 9.35. The van der Waals surface area contributed by atoms with Crippen LogP contribution in [0.1, 0.15) is 23.6 Å². The fraction of sp³-hybridized carbons (Fsp3) is 0.316. The van der Waals surface area contributed by atoms with Crippen molar-refractivity contribution in [2.45, 2.75) is 25.6 Å². The van der Waals surface area contributed by atoms with E-state index in [0.717, 1.165) is 23.3 Å². The van der Waals surface area contributed by atoms with Gasteiger partial charge >= 0.3 is 0 Å². The average Bonchev–Trinajstić information content (AvgIpc) is 2.65. The summed E-state index contributed by atoms with van der Waals surface area (Å²) in [4.78, 5) is 12.0. The summed E-state index contributed by atoms with van der Waals surface area (Å²) >= 11 is 0. The van der Waals surface area contributed by atoms with Crippen LogP contribution in [0.2, 0.25) is 0 Å². The lowest BCUT2D eigenvalue weighted by atomic mass is 10.1. The monoisotopic (exact) mass is 376 g/mol. The molecule has 0 bridgehead atoms. The molecule has 0 unspecified atom stereocenters. The Bertz CT molecular complexity index is 833. The van der Waals surface area contributed by atoms with E-state index in [1.807, 2.05) is 31.2 Å². The Morgan fingerprint density at radius 3 is 2.35 bits per heavy atom. The van der Waals surface area contributed by atoms with E-state index >= 15 is 0 Å². The van der Waals surface area contributed by atoms with Crippen LogP contribution < -0.4 is 14.8 Å². The van der Waals surface area contributed by atoms with Crippen molar-refractivity contribution >= 4 is 15.9 Å². The number of ether oxygens (including phenoxy) is 1. The highest BCUT2D eigenvalue weighted by Crippen LogP contribution is 2.18. The molecule has 2 aromatic carbocycles. The zero-order valence-electron chi connectivity index (χ0n) is 15.0. The fourth-order valence-electron chi connectivity index (χ4n) is 2.38. The number of para-hydroxylation sites is 1. The molecule has 0 atom stereocenters. The molecule has 0 aliphatic heterocycles. The SMILES string of the molecule is CCc1ccccc1OCC(=O)NCc1ccc(CS(=O)(=O)NC)cc1. The van der Waals surface area contributed by atoms with Crippen LogP contribution in [0.5, 0.6) is 5.75 Å². The number of nitrogens with one attached hydrogen (secondary N) is 2. The lowest BCUT2D eigenvalue weighted by Gasteiger charge is -2.11. The Morgan fingerprint density at radius 1 is 1.04 bits per heavy atom. The highest BCUT2D eigenvalue weighted by atomic mass is 32.2. The van der Waals surface area contributed by atoms with Gasteiger partial charge in [-0.3, -0.25) is 4.79 Å². The molecule has 2 N–H and O–H groups in total. The number of rotatable bonds is 9. The smallest absolute Gasteiger partial charge is 0.258 e. The highest BCUT2D eigenvalue weighted by Gasteiger charge is 2.09. The number of hydrogen-bond donors (Lipinski definition) is 2. The quantitative estimate of drug-likeness (QED) is 0.701. The Morgan fingerprint density at radius 2 is 1.69 bits per heavy atom. The van der Waals surface area contributed by atoms with Gasteiger partial charge in [-0.05, 0) is 36.2 Å². The van der Waals surface area contributed by atoms with E-state index in [2.05, 4.69) is 10.0 Å². The standard InChI is InChI=1S/C19H24N2O4S/c1-3-17-6-4-5-7-18(17)25-13-19(22)21-12-15-8-10-16(11-9-15)14-26(23,24)20-2/h4-11,20H,3,12-14H2,1-2H3,(H,21,22). The molecule has 140 valence electrons. The molecule has 6 nitrogen and oxygen atoms in total. The predicted molar refractivity (Wildman–Crippen MR) is 101 cm³/mol. The van der Waals surface area contributed by atoms with Crippen molar-refractivity contribution in [3.63, 3.8) is 0 Å². The van der Waals surface area contributed by atoms with E-state index in [1.54, 1.807) is 24.3 Å². The third kappa shape index (κ3) is 6.16. The Kier molecular flexibility index (Phi) is 7.17. The molecule has 0 spiro atoms. The van der Waals surface area contributed by atoms with Gasteiger partial charge in [-0.25, -0.2) is 13.1 Å². The van der Waals surface area contributed by atoms with Gasteiger partial charge in [0, 0.05) is 6.54 Å².